The van der Waals surface area contributed by atoms with E-state index in [-0.39, 0.29) is 29.4 Å². The summed E-state index contributed by atoms with van der Waals surface area (Å²) in [5.74, 6) is -0.161. The van der Waals surface area contributed by atoms with Crippen LogP contribution in [0.25, 0.3) is 0 Å². The molecule has 9 heteroatoms. The Hall–Kier alpha value is -3.34. The van der Waals surface area contributed by atoms with E-state index in [1.807, 2.05) is 6.08 Å². The molecule has 0 radical (unpaired) electrons. The summed E-state index contributed by atoms with van der Waals surface area (Å²) in [6.45, 7) is 3.69. The van der Waals surface area contributed by atoms with Crippen LogP contribution in [0.3, 0.4) is 0 Å². The Morgan fingerprint density at radius 2 is 1.95 bits per heavy atom. The van der Waals surface area contributed by atoms with Gasteiger partial charge in [-0.05, 0) is 80.0 Å². The normalized spacial score (nSPS) is 39.5. The Balaban J connectivity index is 1.15. The third-order valence-electron chi connectivity index (χ3n) is 11.6. The first-order chi connectivity index (χ1) is 21.0. The number of anilines is 2. The van der Waals surface area contributed by atoms with Gasteiger partial charge < -0.3 is 35.8 Å². The fourth-order valence-electron chi connectivity index (χ4n) is 9.62. The van der Waals surface area contributed by atoms with Crippen LogP contribution in [0.1, 0.15) is 61.7 Å². The summed E-state index contributed by atoms with van der Waals surface area (Å²) in [5.41, 5.74) is 6.87. The molecular formula is C35H40N2O7. The van der Waals surface area contributed by atoms with E-state index in [9.17, 15) is 24.9 Å². The van der Waals surface area contributed by atoms with E-state index in [0.717, 1.165) is 18.4 Å². The van der Waals surface area contributed by atoms with Crippen LogP contribution in [0.5, 0.6) is 0 Å². The first-order valence-corrected chi connectivity index (χ1v) is 15.5. The molecule has 0 spiro atoms. The molecule has 2 aromatic carbocycles. The number of nitrogen functional groups attached to an aromatic ring is 1. The topological polar surface area (TPSA) is 151 Å². The molecule has 10 atom stereocenters. The second kappa shape index (κ2) is 10.4. The van der Waals surface area contributed by atoms with Crippen molar-refractivity contribution in [2.75, 3.05) is 17.7 Å². The van der Waals surface area contributed by atoms with Crippen LogP contribution in [0, 0.1) is 28.6 Å². The standard InChI is InChI=1S/C35H40N2O7/c1-33-13-12-24(39)14-21(33)10-11-25-26-16-29-35(28(41)18-38,34(26,2)17-27(40)30(25)33)44-32(43-29)20-8-6-19(7-9-20)31(42)37-23-5-3-4-22(36)15-23/h3-9,12-15,25-30,32,38,40-41H,10-11,16-18,36H2,1-2H3,(H,37,42)/t25-,26-,27-,28?,29+,30+,32+,33-,34-,35+/m0/s1. The summed E-state index contributed by atoms with van der Waals surface area (Å²) in [6.07, 6.45) is 4.68. The fraction of sp³-hybridized carbons (Fsp3) is 0.486. The zero-order valence-corrected chi connectivity index (χ0v) is 25.0. The molecule has 1 heterocycles. The number of benzene rings is 2. The molecule has 1 aliphatic heterocycles. The quantitative estimate of drug-likeness (QED) is 0.324. The van der Waals surface area contributed by atoms with Gasteiger partial charge in [0.2, 0.25) is 0 Å². The highest BCUT2D eigenvalue weighted by Crippen LogP contribution is 2.71. The van der Waals surface area contributed by atoms with Crippen molar-refractivity contribution in [1.82, 2.24) is 0 Å². The monoisotopic (exact) mass is 600 g/mol. The molecule has 1 amide bonds. The predicted octanol–water partition coefficient (Wildman–Crippen LogP) is 3.92. The number of nitrogens with one attached hydrogen (secondary N) is 1. The number of carbonyl (C=O) groups is 2. The van der Waals surface area contributed by atoms with E-state index < -0.39 is 47.6 Å². The minimum absolute atomic E-state index is 0.00522. The van der Waals surface area contributed by atoms with E-state index in [4.69, 9.17) is 15.2 Å². The summed E-state index contributed by atoms with van der Waals surface area (Å²) < 4.78 is 13.3. The number of amides is 1. The minimum atomic E-state index is -1.23. The van der Waals surface area contributed by atoms with Crippen LogP contribution in [0.2, 0.25) is 0 Å². The Bertz CT molecular complexity index is 1550. The molecule has 1 unspecified atom stereocenters. The highest BCUT2D eigenvalue weighted by atomic mass is 16.7. The van der Waals surface area contributed by atoms with Gasteiger partial charge in [-0.15, -0.1) is 0 Å². The van der Waals surface area contributed by atoms with E-state index in [0.29, 0.717) is 35.3 Å². The van der Waals surface area contributed by atoms with Crippen LogP contribution in [-0.2, 0) is 14.3 Å². The first-order valence-electron chi connectivity index (χ1n) is 15.5. The Kier molecular flexibility index (Phi) is 6.91. The summed E-state index contributed by atoms with van der Waals surface area (Å²) in [5, 5.41) is 36.4. The molecule has 4 aliphatic carbocycles. The van der Waals surface area contributed by atoms with Crippen LogP contribution in [-0.4, -0.2) is 57.5 Å². The smallest absolute Gasteiger partial charge is 0.255 e. The molecule has 44 heavy (non-hydrogen) atoms. The van der Waals surface area contributed by atoms with Gasteiger partial charge in [0.25, 0.3) is 5.91 Å². The van der Waals surface area contributed by atoms with Gasteiger partial charge in [-0.1, -0.05) is 43.7 Å². The van der Waals surface area contributed by atoms with Crippen molar-refractivity contribution in [1.29, 1.82) is 0 Å². The van der Waals surface area contributed by atoms with E-state index in [1.165, 1.54) is 0 Å². The Morgan fingerprint density at radius 3 is 2.68 bits per heavy atom. The third kappa shape index (κ3) is 4.17. The van der Waals surface area contributed by atoms with Gasteiger partial charge >= 0.3 is 0 Å². The number of rotatable bonds is 5. The fourth-order valence-corrected chi connectivity index (χ4v) is 9.62. The average Bonchev–Trinajstić information content (AvgIpc) is 3.50. The maximum Gasteiger partial charge on any atom is 0.255 e. The molecule has 3 saturated carbocycles. The lowest BCUT2D eigenvalue weighted by atomic mass is 9.46. The lowest BCUT2D eigenvalue weighted by molar-refractivity contribution is -0.231. The maximum atomic E-state index is 12.8. The van der Waals surface area contributed by atoms with Gasteiger partial charge in [-0.2, -0.15) is 0 Å². The van der Waals surface area contributed by atoms with E-state index >= 15 is 0 Å². The second-order valence-electron chi connectivity index (χ2n) is 13.7. The first kappa shape index (κ1) is 29.4. The number of carbonyl (C=O) groups excluding carboxylic acids is 2. The van der Waals surface area contributed by atoms with Gasteiger partial charge in [0.1, 0.15) is 11.7 Å². The van der Waals surface area contributed by atoms with Gasteiger partial charge in [-0.3, -0.25) is 9.59 Å². The molecule has 232 valence electrons. The molecule has 4 fully saturated rings. The van der Waals surface area contributed by atoms with Crippen LogP contribution in [0.15, 0.2) is 72.3 Å². The number of hydrogen-bond acceptors (Lipinski definition) is 8. The summed E-state index contributed by atoms with van der Waals surface area (Å²) in [7, 11) is 0. The molecule has 9 nitrogen and oxygen atoms in total. The Morgan fingerprint density at radius 1 is 1.18 bits per heavy atom. The second-order valence-corrected chi connectivity index (χ2v) is 13.7. The van der Waals surface area contributed by atoms with Gasteiger partial charge in [0.05, 0.1) is 18.8 Å². The minimum Gasteiger partial charge on any atom is -0.399 e. The SMILES string of the molecule is C[C@]12C=CC(=O)C=C1CC[C@@H]1[C@@H]2[C@@H](O)C[C@@]2(C)[C@H]1C[C@H]1O[C@@H](c3ccc(C(=O)Nc4cccc(N)c4)cc3)O[C@]12C(O)CO. The molecule has 1 saturated heterocycles. The molecule has 7 rings (SSSR count). The van der Waals surface area contributed by atoms with Crippen molar-refractivity contribution in [3.63, 3.8) is 0 Å². The van der Waals surface area contributed by atoms with Crippen molar-refractivity contribution >= 4 is 23.1 Å². The molecule has 5 aliphatic rings. The molecular weight excluding hydrogens is 560 g/mol. The van der Waals surface area contributed by atoms with Crippen molar-refractivity contribution in [3.05, 3.63) is 83.5 Å². The number of aliphatic hydroxyl groups is 3. The highest BCUT2D eigenvalue weighted by molar-refractivity contribution is 6.04. The van der Waals surface area contributed by atoms with Crippen molar-refractivity contribution < 1.29 is 34.4 Å². The zero-order chi connectivity index (χ0) is 31.0. The summed E-state index contributed by atoms with van der Waals surface area (Å²) in [4.78, 5) is 25.0. The molecule has 0 aromatic heterocycles. The number of nitrogens with two attached hydrogens (primary N) is 1. The van der Waals surface area contributed by atoms with E-state index in [1.54, 1.807) is 60.7 Å². The van der Waals surface area contributed by atoms with Crippen LogP contribution >= 0.6 is 0 Å². The number of fused-ring (bicyclic) bond motifs is 7. The zero-order valence-electron chi connectivity index (χ0n) is 25.0. The van der Waals surface area contributed by atoms with Crippen LogP contribution in [0.4, 0.5) is 11.4 Å². The Labute approximate surface area is 256 Å². The third-order valence-corrected chi connectivity index (χ3v) is 11.6. The number of ether oxygens (including phenoxy) is 2. The van der Waals surface area contributed by atoms with Gasteiger partial charge in [-0.25, -0.2) is 0 Å². The van der Waals surface area contributed by atoms with Crippen molar-refractivity contribution in [3.8, 4) is 0 Å². The lowest BCUT2D eigenvalue weighted by Crippen LogP contribution is -2.64. The molecule has 6 N–H and O–H groups in total. The average molecular weight is 601 g/mol. The van der Waals surface area contributed by atoms with Gasteiger partial charge in [0, 0.05) is 39.2 Å². The molecule has 0 bridgehead atoms. The summed E-state index contributed by atoms with van der Waals surface area (Å²) >= 11 is 0. The number of hydrogen-bond donors (Lipinski definition) is 5. The number of ketones is 1. The predicted molar refractivity (Wildman–Crippen MR) is 163 cm³/mol. The molecule has 2 aromatic rings. The highest BCUT2D eigenvalue weighted by Gasteiger charge is 2.75. The van der Waals surface area contributed by atoms with Crippen molar-refractivity contribution in [2.45, 2.75) is 69.7 Å². The maximum absolute atomic E-state index is 12.8. The van der Waals surface area contributed by atoms with E-state index in [2.05, 4.69) is 19.2 Å². The number of allylic oxidation sites excluding steroid dienone is 4. The number of aliphatic hydroxyl groups excluding tert-OH is 3. The lowest BCUT2D eigenvalue weighted by Gasteiger charge is -2.60. The summed E-state index contributed by atoms with van der Waals surface area (Å²) in [6, 6.07) is 13.9. The van der Waals surface area contributed by atoms with Gasteiger partial charge in [0.15, 0.2) is 12.1 Å². The largest absolute Gasteiger partial charge is 0.399 e. The van der Waals surface area contributed by atoms with Crippen LogP contribution < -0.4 is 11.1 Å². The van der Waals surface area contributed by atoms with Crippen molar-refractivity contribution in [2.24, 2.45) is 28.6 Å².